The number of nitrogens with zero attached hydrogens (tertiary/aromatic N) is 2. The Kier molecular flexibility index (Phi) is 7.85. The molecule has 0 saturated carbocycles. The van der Waals surface area contributed by atoms with E-state index in [-0.39, 0.29) is 5.75 Å². The van der Waals surface area contributed by atoms with Crippen LogP contribution < -0.4 is 4.74 Å². The standard InChI is InChI=1S/C31H33ClN2O3/c1-3-28(24-8-13-29-25(20-24)21-30(32)37-29)31(22-4-9-26(35)10-5-22)23-6-11-27(12-7-23)36-19-18-34-16-14-33(2)15-17-34/h4-13,20-21,35H,3,14-19H2,1-2H3/b31-28-. The minimum atomic E-state index is 0.250. The van der Waals surface area contributed by atoms with Crippen LogP contribution in [-0.4, -0.2) is 61.3 Å². The molecule has 1 fully saturated rings. The lowest BCUT2D eigenvalue weighted by Gasteiger charge is -2.32. The van der Waals surface area contributed by atoms with Crippen LogP contribution in [0.1, 0.15) is 30.0 Å². The Morgan fingerprint density at radius 2 is 1.54 bits per heavy atom. The molecule has 2 heterocycles. The smallest absolute Gasteiger partial charge is 0.194 e. The lowest BCUT2D eigenvalue weighted by atomic mass is 9.88. The first kappa shape index (κ1) is 25.4. The molecule has 0 amide bonds. The zero-order chi connectivity index (χ0) is 25.8. The molecule has 1 N–H and O–H groups in total. The fraction of sp³-hybridized carbons (Fsp3) is 0.290. The van der Waals surface area contributed by atoms with E-state index in [0.717, 1.165) is 78.1 Å². The molecule has 0 bridgehead atoms. The van der Waals surface area contributed by atoms with Gasteiger partial charge >= 0.3 is 0 Å². The van der Waals surface area contributed by atoms with Gasteiger partial charge in [0.2, 0.25) is 0 Å². The van der Waals surface area contributed by atoms with Crippen molar-refractivity contribution >= 4 is 33.7 Å². The molecule has 1 aliphatic rings. The van der Waals surface area contributed by atoms with Crippen molar-refractivity contribution in [1.29, 1.82) is 0 Å². The lowest BCUT2D eigenvalue weighted by molar-refractivity contribution is 0.134. The summed E-state index contributed by atoms with van der Waals surface area (Å²) in [4.78, 5) is 4.82. The number of allylic oxidation sites excluding steroid dienone is 1. The van der Waals surface area contributed by atoms with E-state index >= 15 is 0 Å². The van der Waals surface area contributed by atoms with Crippen molar-refractivity contribution < 1.29 is 14.3 Å². The van der Waals surface area contributed by atoms with Crippen molar-refractivity contribution in [2.45, 2.75) is 13.3 Å². The third-order valence-electron chi connectivity index (χ3n) is 7.06. The summed E-state index contributed by atoms with van der Waals surface area (Å²) in [6, 6.07) is 23.8. The third-order valence-corrected chi connectivity index (χ3v) is 7.25. The molecule has 0 aliphatic carbocycles. The molecule has 0 radical (unpaired) electrons. The number of likely N-dealkylation sites (N-methyl/N-ethyl adjacent to an activating group) is 1. The summed E-state index contributed by atoms with van der Waals surface area (Å²) >= 11 is 6.10. The minimum Gasteiger partial charge on any atom is -0.508 e. The van der Waals surface area contributed by atoms with E-state index in [1.807, 2.05) is 36.4 Å². The zero-order valence-electron chi connectivity index (χ0n) is 21.4. The lowest BCUT2D eigenvalue weighted by Crippen LogP contribution is -2.45. The fourth-order valence-corrected chi connectivity index (χ4v) is 5.15. The van der Waals surface area contributed by atoms with Gasteiger partial charge in [-0.1, -0.05) is 37.3 Å². The predicted molar refractivity (Wildman–Crippen MR) is 151 cm³/mol. The van der Waals surface area contributed by atoms with Crippen LogP contribution in [0.25, 0.3) is 22.1 Å². The van der Waals surface area contributed by atoms with Gasteiger partial charge in [0, 0.05) is 44.2 Å². The minimum absolute atomic E-state index is 0.250. The molecule has 3 aromatic carbocycles. The number of phenolic OH excluding ortho intramolecular Hbond substituents is 1. The molecular formula is C31H33ClN2O3. The molecule has 5 rings (SSSR count). The van der Waals surface area contributed by atoms with Crippen molar-refractivity contribution in [3.63, 3.8) is 0 Å². The van der Waals surface area contributed by atoms with Crippen LogP contribution in [-0.2, 0) is 0 Å². The summed E-state index contributed by atoms with van der Waals surface area (Å²) in [7, 11) is 2.17. The Hall–Kier alpha value is -3.25. The number of furan rings is 1. The van der Waals surface area contributed by atoms with Gasteiger partial charge in [0.1, 0.15) is 23.7 Å². The van der Waals surface area contributed by atoms with E-state index in [2.05, 4.69) is 48.0 Å². The van der Waals surface area contributed by atoms with Crippen LogP contribution in [0, 0.1) is 0 Å². The zero-order valence-corrected chi connectivity index (χ0v) is 22.2. The Labute approximate surface area is 223 Å². The van der Waals surface area contributed by atoms with Gasteiger partial charge in [-0.2, -0.15) is 0 Å². The van der Waals surface area contributed by atoms with Gasteiger partial charge in [0.15, 0.2) is 5.22 Å². The largest absolute Gasteiger partial charge is 0.508 e. The highest BCUT2D eigenvalue weighted by atomic mass is 35.5. The van der Waals surface area contributed by atoms with E-state index in [1.165, 1.54) is 5.57 Å². The van der Waals surface area contributed by atoms with E-state index in [0.29, 0.717) is 11.8 Å². The number of benzene rings is 3. The van der Waals surface area contributed by atoms with E-state index in [9.17, 15) is 5.11 Å². The van der Waals surface area contributed by atoms with Crippen molar-refractivity contribution in [1.82, 2.24) is 9.80 Å². The fourth-order valence-electron chi connectivity index (χ4n) is 4.95. The van der Waals surface area contributed by atoms with Gasteiger partial charge in [-0.25, -0.2) is 0 Å². The Bertz CT molecular complexity index is 1370. The molecule has 192 valence electrons. The highest BCUT2D eigenvalue weighted by Crippen LogP contribution is 2.37. The second-order valence-corrected chi connectivity index (χ2v) is 9.95. The van der Waals surface area contributed by atoms with Gasteiger partial charge in [-0.15, -0.1) is 0 Å². The molecule has 0 atom stereocenters. The summed E-state index contributed by atoms with van der Waals surface area (Å²) in [5, 5.41) is 11.3. The van der Waals surface area contributed by atoms with Gasteiger partial charge < -0.3 is 19.2 Å². The summed E-state index contributed by atoms with van der Waals surface area (Å²) in [5.74, 6) is 1.12. The number of phenols is 1. The number of ether oxygens (including phenoxy) is 1. The molecule has 0 unspecified atom stereocenters. The maximum atomic E-state index is 9.91. The number of rotatable bonds is 8. The SMILES string of the molecule is CC/C(=C(\c1ccc(O)cc1)c1ccc(OCCN2CCN(C)CC2)cc1)c1ccc2oc(Cl)cc2c1. The Morgan fingerprint density at radius 1 is 0.892 bits per heavy atom. The maximum absolute atomic E-state index is 9.91. The second-order valence-electron chi connectivity index (χ2n) is 9.57. The third kappa shape index (κ3) is 6.02. The van der Waals surface area contributed by atoms with Crippen LogP contribution in [0.2, 0.25) is 5.22 Å². The van der Waals surface area contributed by atoms with Crippen LogP contribution in [0.4, 0.5) is 0 Å². The topological polar surface area (TPSA) is 49.1 Å². The van der Waals surface area contributed by atoms with Crippen molar-refractivity contribution in [3.05, 3.63) is 94.7 Å². The average Bonchev–Trinajstić information content (AvgIpc) is 3.29. The number of fused-ring (bicyclic) bond motifs is 1. The molecule has 0 spiro atoms. The Balaban J connectivity index is 1.43. The van der Waals surface area contributed by atoms with Gasteiger partial charge in [-0.3, -0.25) is 4.90 Å². The van der Waals surface area contributed by atoms with E-state index in [1.54, 1.807) is 12.1 Å². The van der Waals surface area contributed by atoms with Crippen LogP contribution in [0.3, 0.4) is 0 Å². The maximum Gasteiger partial charge on any atom is 0.194 e. The van der Waals surface area contributed by atoms with Crippen LogP contribution in [0.15, 0.2) is 77.2 Å². The summed E-state index contributed by atoms with van der Waals surface area (Å²) < 4.78 is 11.7. The number of halogens is 1. The van der Waals surface area contributed by atoms with Crippen LogP contribution in [0.5, 0.6) is 11.5 Å². The van der Waals surface area contributed by atoms with E-state index in [4.69, 9.17) is 20.8 Å². The van der Waals surface area contributed by atoms with E-state index < -0.39 is 0 Å². The Morgan fingerprint density at radius 3 is 2.22 bits per heavy atom. The number of hydrogen-bond acceptors (Lipinski definition) is 5. The van der Waals surface area contributed by atoms with Crippen molar-refractivity contribution in [3.8, 4) is 11.5 Å². The molecule has 6 heteroatoms. The summed E-state index contributed by atoms with van der Waals surface area (Å²) in [5.41, 5.74) is 6.36. The van der Waals surface area contributed by atoms with Crippen LogP contribution >= 0.6 is 11.6 Å². The van der Waals surface area contributed by atoms with Crippen molar-refractivity contribution in [2.75, 3.05) is 46.4 Å². The highest BCUT2D eigenvalue weighted by Gasteiger charge is 2.16. The molecular weight excluding hydrogens is 484 g/mol. The molecule has 1 saturated heterocycles. The molecule has 1 aliphatic heterocycles. The monoisotopic (exact) mass is 516 g/mol. The van der Waals surface area contributed by atoms with Gasteiger partial charge in [0.05, 0.1) is 0 Å². The number of aromatic hydroxyl groups is 1. The first-order valence-corrected chi connectivity index (χ1v) is 13.2. The highest BCUT2D eigenvalue weighted by molar-refractivity contribution is 6.29. The molecule has 37 heavy (non-hydrogen) atoms. The van der Waals surface area contributed by atoms with Crippen molar-refractivity contribution in [2.24, 2.45) is 0 Å². The van der Waals surface area contributed by atoms with Gasteiger partial charge in [0.25, 0.3) is 0 Å². The molecule has 4 aromatic rings. The molecule has 1 aromatic heterocycles. The molecule has 5 nitrogen and oxygen atoms in total. The quantitative estimate of drug-likeness (QED) is 0.261. The second kappa shape index (κ2) is 11.4. The number of hydrogen-bond donors (Lipinski definition) is 1. The number of piperazine rings is 1. The summed E-state index contributed by atoms with van der Waals surface area (Å²) in [6.07, 6.45) is 0.830. The average molecular weight is 517 g/mol. The normalized spacial score (nSPS) is 15.6. The first-order valence-electron chi connectivity index (χ1n) is 12.9. The first-order chi connectivity index (χ1) is 18.0. The van der Waals surface area contributed by atoms with Gasteiger partial charge in [-0.05, 0) is 89.3 Å². The summed E-state index contributed by atoms with van der Waals surface area (Å²) in [6.45, 7) is 8.19. The predicted octanol–water partition coefficient (Wildman–Crippen LogP) is 6.79.